The van der Waals surface area contributed by atoms with Gasteiger partial charge in [-0.25, -0.2) is 4.39 Å². The Balaban J connectivity index is 1.48. The molecule has 12 heteroatoms. The summed E-state index contributed by atoms with van der Waals surface area (Å²) in [6, 6.07) is 8.20. The fraction of sp³-hybridized carbons (Fsp3) is 0.125. The summed E-state index contributed by atoms with van der Waals surface area (Å²) in [6.45, 7) is 0.0322. The number of rotatable bonds is 3. The summed E-state index contributed by atoms with van der Waals surface area (Å²) in [5.41, 5.74) is 0.481. The van der Waals surface area contributed by atoms with Crippen LogP contribution >= 0.6 is 46.4 Å². The van der Waals surface area contributed by atoms with Gasteiger partial charge < -0.3 is 14.4 Å². The zero-order chi connectivity index (χ0) is 25.5. The number of halogens is 5. The maximum Gasteiger partial charge on any atom is 0.264 e. The van der Waals surface area contributed by atoms with Gasteiger partial charge in [-0.05, 0) is 42.0 Å². The zero-order valence-electron chi connectivity index (χ0n) is 17.7. The number of anilines is 1. The lowest BCUT2D eigenvalue weighted by molar-refractivity contribution is -0.130. The number of fused-ring (bicyclic) bond motifs is 2. The van der Waals surface area contributed by atoms with Crippen molar-refractivity contribution in [2.24, 2.45) is 0 Å². The Morgan fingerprint density at radius 2 is 1.31 bits per heavy atom. The second-order valence-electron chi connectivity index (χ2n) is 8.17. The van der Waals surface area contributed by atoms with Gasteiger partial charge in [-0.15, -0.1) is 0 Å². The Labute approximate surface area is 222 Å². The highest BCUT2D eigenvalue weighted by Gasteiger charge is 2.58. The molecule has 7 nitrogen and oxygen atoms in total. The van der Waals surface area contributed by atoms with E-state index in [1.54, 1.807) is 18.2 Å². The van der Waals surface area contributed by atoms with E-state index in [1.807, 2.05) is 0 Å². The van der Waals surface area contributed by atoms with Crippen LogP contribution in [0.5, 0.6) is 11.5 Å². The molecule has 0 bridgehead atoms. The summed E-state index contributed by atoms with van der Waals surface area (Å²) >= 11 is 24.8. The molecule has 0 radical (unpaired) electrons. The predicted octanol–water partition coefficient (Wildman–Crippen LogP) is 5.92. The largest absolute Gasteiger partial charge is 0.454 e. The van der Waals surface area contributed by atoms with Crippen LogP contribution in [0.25, 0.3) is 0 Å². The van der Waals surface area contributed by atoms with Gasteiger partial charge in [0.25, 0.3) is 17.7 Å². The third-order valence-corrected chi connectivity index (χ3v) is 8.12. The van der Waals surface area contributed by atoms with Gasteiger partial charge in [0.05, 0.1) is 37.3 Å². The normalized spacial score (nSPS) is 20.2. The highest BCUT2D eigenvalue weighted by molar-refractivity contribution is 6.55. The van der Waals surface area contributed by atoms with Gasteiger partial charge in [0.15, 0.2) is 11.5 Å². The molecule has 3 aliphatic heterocycles. The van der Waals surface area contributed by atoms with Gasteiger partial charge in [0.1, 0.15) is 11.9 Å². The highest BCUT2D eigenvalue weighted by Crippen LogP contribution is 2.50. The fourth-order valence-electron chi connectivity index (χ4n) is 4.66. The lowest BCUT2D eigenvalue weighted by Crippen LogP contribution is -2.67. The van der Waals surface area contributed by atoms with E-state index in [-0.39, 0.29) is 38.0 Å². The number of carbonyl (C=O) groups excluding carboxylic acids is 3. The Morgan fingerprint density at radius 3 is 1.92 bits per heavy atom. The number of imide groups is 1. The monoisotopic (exact) mass is 566 g/mol. The predicted molar refractivity (Wildman–Crippen MR) is 130 cm³/mol. The van der Waals surface area contributed by atoms with E-state index in [0.717, 1.165) is 4.90 Å². The minimum Gasteiger partial charge on any atom is -0.454 e. The number of ether oxygens (including phenoxy) is 2. The molecule has 0 aromatic heterocycles. The topological polar surface area (TPSA) is 76.2 Å². The average Bonchev–Trinajstić information content (AvgIpc) is 3.43. The van der Waals surface area contributed by atoms with Gasteiger partial charge in [-0.2, -0.15) is 0 Å². The Bertz CT molecular complexity index is 1470. The molecule has 3 aromatic carbocycles. The number of carbonyl (C=O) groups is 3. The van der Waals surface area contributed by atoms with Crippen LogP contribution in [0.2, 0.25) is 20.1 Å². The molecular formula is C24H11Cl4FN2O5. The number of hydrogen-bond acceptors (Lipinski definition) is 5. The number of amides is 3. The molecule has 3 amide bonds. The minimum atomic E-state index is -1.26. The third kappa shape index (κ3) is 3.15. The van der Waals surface area contributed by atoms with Gasteiger partial charge in [-0.1, -0.05) is 52.5 Å². The molecule has 2 atom stereocenters. The van der Waals surface area contributed by atoms with Gasteiger partial charge in [0, 0.05) is 5.69 Å². The van der Waals surface area contributed by atoms with Crippen molar-refractivity contribution in [3.8, 4) is 11.5 Å². The van der Waals surface area contributed by atoms with Crippen molar-refractivity contribution in [2.45, 2.75) is 12.1 Å². The van der Waals surface area contributed by atoms with Crippen molar-refractivity contribution in [1.82, 2.24) is 4.90 Å². The van der Waals surface area contributed by atoms with Crippen LogP contribution in [0.15, 0.2) is 42.5 Å². The highest BCUT2D eigenvalue weighted by atomic mass is 35.5. The lowest BCUT2D eigenvalue weighted by atomic mass is 9.86. The van der Waals surface area contributed by atoms with Crippen LogP contribution in [0.3, 0.4) is 0 Å². The Kier molecular flexibility index (Phi) is 5.35. The van der Waals surface area contributed by atoms with Crippen molar-refractivity contribution in [2.75, 3.05) is 11.7 Å². The SMILES string of the molecule is O=C1c2c(Cl)c(Cl)c(Cl)c(Cl)c2C(=O)N1[C@@H]1C(=O)N(c2ccc(F)cc2)[C@@H]1c1ccc2c(c1)OCO2. The number of benzene rings is 3. The molecular weight excluding hydrogens is 557 g/mol. The number of β-lactam (4-membered cyclic amide) rings is 1. The summed E-state index contributed by atoms with van der Waals surface area (Å²) in [4.78, 5) is 42.6. The fourth-order valence-corrected chi connectivity index (χ4v) is 5.68. The van der Waals surface area contributed by atoms with Crippen LogP contribution in [0.4, 0.5) is 10.1 Å². The van der Waals surface area contributed by atoms with Crippen LogP contribution in [0.1, 0.15) is 32.3 Å². The van der Waals surface area contributed by atoms with Crippen LogP contribution in [-0.2, 0) is 4.79 Å². The molecule has 0 unspecified atom stereocenters. The average molecular weight is 568 g/mol. The summed E-state index contributed by atoms with van der Waals surface area (Å²) in [7, 11) is 0. The second-order valence-corrected chi connectivity index (χ2v) is 9.69. The molecule has 36 heavy (non-hydrogen) atoms. The van der Waals surface area contributed by atoms with Crippen molar-refractivity contribution >= 4 is 69.8 Å². The Morgan fingerprint density at radius 1 is 0.722 bits per heavy atom. The molecule has 3 aromatic rings. The van der Waals surface area contributed by atoms with E-state index in [2.05, 4.69) is 0 Å². The van der Waals surface area contributed by atoms with E-state index < -0.39 is 35.6 Å². The van der Waals surface area contributed by atoms with E-state index in [4.69, 9.17) is 55.9 Å². The van der Waals surface area contributed by atoms with Crippen LogP contribution in [-0.4, -0.2) is 35.5 Å². The van der Waals surface area contributed by atoms with Gasteiger partial charge in [0.2, 0.25) is 6.79 Å². The molecule has 3 heterocycles. The van der Waals surface area contributed by atoms with E-state index in [0.29, 0.717) is 22.7 Å². The second kappa shape index (κ2) is 8.24. The lowest BCUT2D eigenvalue weighted by Gasteiger charge is -2.49. The molecule has 182 valence electrons. The first-order valence-corrected chi connectivity index (χ1v) is 11.9. The van der Waals surface area contributed by atoms with Crippen LogP contribution in [0, 0.1) is 5.82 Å². The minimum absolute atomic E-state index is 0.0322. The van der Waals surface area contributed by atoms with E-state index in [9.17, 15) is 18.8 Å². The first-order chi connectivity index (χ1) is 17.2. The van der Waals surface area contributed by atoms with Crippen molar-refractivity contribution in [3.63, 3.8) is 0 Å². The molecule has 0 spiro atoms. The first-order valence-electron chi connectivity index (χ1n) is 10.4. The maximum atomic E-state index is 13.6. The van der Waals surface area contributed by atoms with Crippen molar-refractivity contribution in [1.29, 1.82) is 0 Å². The smallest absolute Gasteiger partial charge is 0.264 e. The van der Waals surface area contributed by atoms with Crippen LogP contribution < -0.4 is 14.4 Å². The number of nitrogens with zero attached hydrogens (tertiary/aromatic N) is 2. The van der Waals surface area contributed by atoms with Gasteiger partial charge in [-0.3, -0.25) is 19.3 Å². The molecule has 3 aliphatic rings. The molecule has 1 fully saturated rings. The van der Waals surface area contributed by atoms with E-state index in [1.165, 1.54) is 29.2 Å². The molecule has 0 N–H and O–H groups in total. The summed E-state index contributed by atoms with van der Waals surface area (Å²) in [5.74, 6) is -1.76. The van der Waals surface area contributed by atoms with E-state index >= 15 is 0 Å². The molecule has 6 rings (SSSR count). The number of hydrogen-bond donors (Lipinski definition) is 0. The Hall–Kier alpha value is -3.04. The quantitative estimate of drug-likeness (QED) is 0.170. The van der Waals surface area contributed by atoms with Crippen molar-refractivity contribution < 1.29 is 28.2 Å². The van der Waals surface area contributed by atoms with Crippen molar-refractivity contribution in [3.05, 3.63) is 85.1 Å². The molecule has 0 saturated carbocycles. The maximum absolute atomic E-state index is 13.6. The summed E-state index contributed by atoms with van der Waals surface area (Å²) in [6.07, 6.45) is 0. The van der Waals surface area contributed by atoms with Gasteiger partial charge >= 0.3 is 0 Å². The summed E-state index contributed by atoms with van der Waals surface area (Å²) in [5, 5.41) is -0.817. The summed E-state index contributed by atoms with van der Waals surface area (Å²) < 4.78 is 24.4. The zero-order valence-corrected chi connectivity index (χ0v) is 20.8. The third-order valence-electron chi connectivity index (χ3n) is 6.32. The molecule has 1 saturated heterocycles. The molecule has 0 aliphatic carbocycles. The first kappa shape index (κ1) is 23.4. The standard InChI is InChI=1S/C24H11Cl4FN2O5/c25-16-14-15(17(26)19(28)18(16)27)23(33)31(22(14)32)21-20(9-1-6-12-13(7-9)36-8-35-12)30(24(21)34)11-4-2-10(29)3-5-11/h1-7,20-21H,8H2/t20-,21+/m1/s1.